The van der Waals surface area contributed by atoms with E-state index in [1.807, 2.05) is 0 Å². The molecule has 1 aromatic rings. The van der Waals surface area contributed by atoms with E-state index >= 15 is 0 Å². The number of hydrogen-bond acceptors (Lipinski definition) is 5. The molecule has 0 atom stereocenters. The Morgan fingerprint density at radius 2 is 1.72 bits per heavy atom. The molecule has 0 unspecified atom stereocenters. The highest BCUT2D eigenvalue weighted by Crippen LogP contribution is 2.25. The predicted molar refractivity (Wildman–Crippen MR) is 97.9 cm³/mol. The van der Waals surface area contributed by atoms with Crippen molar-refractivity contribution in [2.75, 3.05) is 32.8 Å². The van der Waals surface area contributed by atoms with Gasteiger partial charge in [-0.2, -0.15) is 0 Å². The molecule has 6 heteroatoms. The molecule has 1 fully saturated rings. The Hall–Kier alpha value is -1.79. The first kappa shape index (κ1) is 19.5. The highest BCUT2D eigenvalue weighted by atomic mass is 16.6. The molecule has 1 aromatic carbocycles. The number of anilines is 1. The van der Waals surface area contributed by atoms with E-state index in [0.29, 0.717) is 12.6 Å². The van der Waals surface area contributed by atoms with Crippen LogP contribution in [0.15, 0.2) is 18.2 Å². The highest BCUT2D eigenvalue weighted by Gasteiger charge is 2.23. The van der Waals surface area contributed by atoms with Crippen LogP contribution in [0.3, 0.4) is 0 Å². The second kappa shape index (κ2) is 10.3. The average molecular weight is 350 g/mol. The largest absolute Gasteiger partial charge is 0.446 e. The summed E-state index contributed by atoms with van der Waals surface area (Å²) in [4.78, 5) is 10.8. The number of carbonyl (C=O) groups excluding carboxylic acids is 1. The monoisotopic (exact) mass is 350 g/mol. The Morgan fingerprint density at radius 1 is 1.08 bits per heavy atom. The first-order chi connectivity index (χ1) is 12.1. The summed E-state index contributed by atoms with van der Waals surface area (Å²) < 4.78 is 15.5. The fourth-order valence-electron chi connectivity index (χ4n) is 3.34. The smallest absolute Gasteiger partial charge is 0.404 e. The zero-order valence-corrected chi connectivity index (χ0v) is 15.3. The second-order valence-electron chi connectivity index (χ2n) is 6.52. The van der Waals surface area contributed by atoms with Crippen LogP contribution in [0.1, 0.15) is 36.8 Å². The number of rotatable bonds is 9. The number of ether oxygens (including phenoxy) is 3. The molecule has 140 valence electrons. The van der Waals surface area contributed by atoms with Crippen molar-refractivity contribution in [1.29, 1.82) is 0 Å². The van der Waals surface area contributed by atoms with E-state index in [4.69, 9.17) is 19.9 Å². The van der Waals surface area contributed by atoms with Gasteiger partial charge in [0.25, 0.3) is 0 Å². The van der Waals surface area contributed by atoms with Gasteiger partial charge in [0.1, 0.15) is 6.10 Å². The summed E-state index contributed by atoms with van der Waals surface area (Å²) >= 11 is 0. The van der Waals surface area contributed by atoms with Gasteiger partial charge in [0.15, 0.2) is 0 Å². The third-order valence-electron chi connectivity index (χ3n) is 4.69. The van der Waals surface area contributed by atoms with Crippen LogP contribution in [0.5, 0.6) is 0 Å². The third kappa shape index (κ3) is 6.55. The highest BCUT2D eigenvalue weighted by molar-refractivity contribution is 5.64. The summed E-state index contributed by atoms with van der Waals surface area (Å²) in [5, 5.41) is 3.61. The van der Waals surface area contributed by atoms with Crippen LogP contribution in [-0.2, 0) is 27.1 Å². The van der Waals surface area contributed by atoms with Gasteiger partial charge < -0.3 is 25.3 Å². The molecule has 0 bridgehead atoms. The van der Waals surface area contributed by atoms with Crippen molar-refractivity contribution in [3.05, 3.63) is 29.3 Å². The SMILES string of the molecule is COCCc1ccc(NC2CCC(OC(N)=O)CC2)cc1CCOC. The molecule has 1 aliphatic rings. The summed E-state index contributed by atoms with van der Waals surface area (Å²) in [5.74, 6) is 0. The Bertz CT molecular complexity index is 542. The van der Waals surface area contributed by atoms with Crippen LogP contribution in [-0.4, -0.2) is 45.7 Å². The van der Waals surface area contributed by atoms with Crippen LogP contribution in [0, 0.1) is 0 Å². The number of amides is 1. The third-order valence-corrected chi connectivity index (χ3v) is 4.69. The van der Waals surface area contributed by atoms with E-state index in [9.17, 15) is 4.79 Å². The van der Waals surface area contributed by atoms with Gasteiger partial charge in [-0.15, -0.1) is 0 Å². The van der Waals surface area contributed by atoms with Gasteiger partial charge in [-0.25, -0.2) is 4.79 Å². The maximum absolute atomic E-state index is 10.8. The number of methoxy groups -OCH3 is 2. The molecule has 1 saturated carbocycles. The lowest BCUT2D eigenvalue weighted by atomic mass is 9.92. The minimum absolute atomic E-state index is 0.0377. The molecule has 0 aromatic heterocycles. The van der Waals surface area contributed by atoms with Crippen LogP contribution in [0.2, 0.25) is 0 Å². The standard InChI is InChI=1S/C19H30N2O4/c1-23-11-9-14-3-4-17(13-15(14)10-12-24-2)21-16-5-7-18(8-6-16)25-19(20)22/h3-4,13,16,18,21H,5-12H2,1-2H3,(H2,20,22). The van der Waals surface area contributed by atoms with Crippen molar-refractivity contribution in [2.45, 2.75) is 50.7 Å². The minimum atomic E-state index is -0.675. The Balaban J connectivity index is 1.94. The molecule has 0 saturated heterocycles. The van der Waals surface area contributed by atoms with Crippen LogP contribution in [0.4, 0.5) is 10.5 Å². The van der Waals surface area contributed by atoms with E-state index in [1.165, 1.54) is 11.1 Å². The molecule has 1 aliphatic carbocycles. The Labute approximate surface area is 150 Å². The van der Waals surface area contributed by atoms with Gasteiger partial charge in [-0.1, -0.05) is 6.07 Å². The van der Waals surface area contributed by atoms with E-state index in [0.717, 1.165) is 50.8 Å². The van der Waals surface area contributed by atoms with Gasteiger partial charge in [-0.05, 0) is 61.8 Å². The molecule has 1 amide bonds. The second-order valence-corrected chi connectivity index (χ2v) is 6.52. The maximum Gasteiger partial charge on any atom is 0.404 e. The van der Waals surface area contributed by atoms with Crippen LogP contribution >= 0.6 is 0 Å². The number of benzene rings is 1. The van der Waals surface area contributed by atoms with Crippen molar-refractivity contribution in [2.24, 2.45) is 5.73 Å². The van der Waals surface area contributed by atoms with Gasteiger partial charge in [0.05, 0.1) is 13.2 Å². The summed E-state index contributed by atoms with van der Waals surface area (Å²) in [6.45, 7) is 1.43. The lowest BCUT2D eigenvalue weighted by molar-refractivity contribution is 0.0806. The molecule has 0 spiro atoms. The molecule has 0 radical (unpaired) electrons. The van der Waals surface area contributed by atoms with Gasteiger partial charge in [0, 0.05) is 25.9 Å². The number of hydrogen-bond donors (Lipinski definition) is 2. The normalized spacial score (nSPS) is 20.2. The van der Waals surface area contributed by atoms with Crippen molar-refractivity contribution in [1.82, 2.24) is 0 Å². The fraction of sp³-hybridized carbons (Fsp3) is 0.632. The number of carbonyl (C=O) groups is 1. The molecule has 6 nitrogen and oxygen atoms in total. The van der Waals surface area contributed by atoms with Crippen LogP contribution in [0.25, 0.3) is 0 Å². The number of nitrogens with two attached hydrogens (primary N) is 1. The summed E-state index contributed by atoms with van der Waals surface area (Å²) in [6.07, 6.45) is 4.73. The molecular formula is C19H30N2O4. The molecule has 0 aliphatic heterocycles. The molecule has 2 rings (SSSR count). The number of primary amides is 1. The van der Waals surface area contributed by atoms with Crippen LogP contribution < -0.4 is 11.1 Å². The quantitative estimate of drug-likeness (QED) is 0.715. The van der Waals surface area contributed by atoms with E-state index < -0.39 is 6.09 Å². The molecule has 3 N–H and O–H groups in total. The topological polar surface area (TPSA) is 82.8 Å². The minimum Gasteiger partial charge on any atom is -0.446 e. The van der Waals surface area contributed by atoms with E-state index in [1.54, 1.807) is 14.2 Å². The summed E-state index contributed by atoms with van der Waals surface area (Å²) in [6, 6.07) is 6.92. The number of nitrogens with one attached hydrogen (secondary N) is 1. The lowest BCUT2D eigenvalue weighted by Crippen LogP contribution is -2.32. The van der Waals surface area contributed by atoms with Gasteiger partial charge in [0.2, 0.25) is 0 Å². The summed E-state index contributed by atoms with van der Waals surface area (Å²) in [5.41, 5.74) is 8.83. The van der Waals surface area contributed by atoms with E-state index in [2.05, 4.69) is 23.5 Å². The van der Waals surface area contributed by atoms with Gasteiger partial charge in [-0.3, -0.25) is 0 Å². The zero-order valence-electron chi connectivity index (χ0n) is 15.3. The Kier molecular flexibility index (Phi) is 8.01. The molecular weight excluding hydrogens is 320 g/mol. The molecule has 0 heterocycles. The zero-order chi connectivity index (χ0) is 18.1. The van der Waals surface area contributed by atoms with Gasteiger partial charge >= 0.3 is 6.09 Å². The first-order valence-corrected chi connectivity index (χ1v) is 8.94. The fourth-order valence-corrected chi connectivity index (χ4v) is 3.34. The Morgan fingerprint density at radius 3 is 2.32 bits per heavy atom. The predicted octanol–water partition coefficient (Wildman–Crippen LogP) is 2.88. The van der Waals surface area contributed by atoms with E-state index in [-0.39, 0.29) is 6.10 Å². The first-order valence-electron chi connectivity index (χ1n) is 8.94. The van der Waals surface area contributed by atoms with Crippen molar-refractivity contribution in [3.8, 4) is 0 Å². The average Bonchev–Trinajstić information content (AvgIpc) is 2.60. The summed E-state index contributed by atoms with van der Waals surface area (Å²) in [7, 11) is 3.45. The van der Waals surface area contributed by atoms with Crippen molar-refractivity contribution >= 4 is 11.8 Å². The lowest BCUT2D eigenvalue weighted by Gasteiger charge is -2.29. The van der Waals surface area contributed by atoms with Crippen molar-refractivity contribution in [3.63, 3.8) is 0 Å². The molecule has 25 heavy (non-hydrogen) atoms. The maximum atomic E-state index is 10.8. The van der Waals surface area contributed by atoms with Crippen molar-refractivity contribution < 1.29 is 19.0 Å².